The predicted octanol–water partition coefficient (Wildman–Crippen LogP) is 1.99. The van der Waals surface area contributed by atoms with Gasteiger partial charge in [0.15, 0.2) is 0 Å². The van der Waals surface area contributed by atoms with Crippen LogP contribution in [0, 0.1) is 0 Å². The van der Waals surface area contributed by atoms with Crippen molar-refractivity contribution in [2.75, 3.05) is 31.2 Å². The summed E-state index contributed by atoms with van der Waals surface area (Å²) in [6.07, 6.45) is -2.61. The van der Waals surface area contributed by atoms with Gasteiger partial charge in [0.2, 0.25) is 0 Å². The minimum Gasteiger partial charge on any atom is -0.480 e. The summed E-state index contributed by atoms with van der Waals surface area (Å²) in [7, 11) is 0. The first-order chi connectivity index (χ1) is 9.30. The molecule has 2 unspecified atom stereocenters. The standard InChI is InChI=1S/C12H18F3NO3S/c13-12(14,15)7-16(6-10(17)18)9-1-3-19-11(5-9)2-4-20-8-11/h9H,1-8H2,(H,17,18). The molecule has 0 radical (unpaired) electrons. The smallest absolute Gasteiger partial charge is 0.401 e. The molecular formula is C12H18F3NO3S. The number of carbonyl (C=O) groups is 1. The van der Waals surface area contributed by atoms with Gasteiger partial charge in [-0.1, -0.05) is 0 Å². The minimum absolute atomic E-state index is 0.351. The molecule has 20 heavy (non-hydrogen) atoms. The molecule has 0 aliphatic carbocycles. The second-order valence-electron chi connectivity index (χ2n) is 5.39. The molecule has 1 spiro atoms. The third kappa shape index (κ3) is 4.26. The van der Waals surface area contributed by atoms with Crippen molar-refractivity contribution >= 4 is 17.7 Å². The van der Waals surface area contributed by atoms with Crippen molar-refractivity contribution in [2.45, 2.75) is 37.1 Å². The van der Waals surface area contributed by atoms with Gasteiger partial charge in [-0.05, 0) is 25.0 Å². The van der Waals surface area contributed by atoms with E-state index in [-0.39, 0.29) is 11.6 Å². The van der Waals surface area contributed by atoms with Crippen molar-refractivity contribution in [3.8, 4) is 0 Å². The first-order valence-corrected chi connectivity index (χ1v) is 7.69. The highest BCUT2D eigenvalue weighted by molar-refractivity contribution is 7.99. The van der Waals surface area contributed by atoms with E-state index in [0.717, 1.165) is 22.8 Å². The second-order valence-corrected chi connectivity index (χ2v) is 6.50. The largest absolute Gasteiger partial charge is 0.480 e. The summed E-state index contributed by atoms with van der Waals surface area (Å²) >= 11 is 1.74. The number of alkyl halides is 3. The lowest BCUT2D eigenvalue weighted by Crippen LogP contribution is -2.52. The average Bonchev–Trinajstić information content (AvgIpc) is 2.74. The molecule has 0 aromatic rings. The molecular weight excluding hydrogens is 295 g/mol. The molecule has 0 aromatic heterocycles. The van der Waals surface area contributed by atoms with Crippen LogP contribution in [0.2, 0.25) is 0 Å². The average molecular weight is 313 g/mol. The van der Waals surface area contributed by atoms with E-state index in [1.165, 1.54) is 0 Å². The number of hydrogen-bond acceptors (Lipinski definition) is 4. The van der Waals surface area contributed by atoms with E-state index < -0.39 is 25.2 Å². The summed E-state index contributed by atoms with van der Waals surface area (Å²) in [4.78, 5) is 11.8. The van der Waals surface area contributed by atoms with Crippen molar-refractivity contribution in [3.63, 3.8) is 0 Å². The number of carboxylic acid groups (broad SMARTS) is 1. The van der Waals surface area contributed by atoms with Crippen LogP contribution in [-0.2, 0) is 9.53 Å². The minimum atomic E-state index is -4.38. The van der Waals surface area contributed by atoms with Gasteiger partial charge in [0.1, 0.15) is 0 Å². The van der Waals surface area contributed by atoms with Crippen molar-refractivity contribution in [1.82, 2.24) is 4.90 Å². The maximum absolute atomic E-state index is 12.6. The normalized spacial score (nSPS) is 31.1. The highest BCUT2D eigenvalue weighted by atomic mass is 32.2. The van der Waals surface area contributed by atoms with Crippen LogP contribution in [0.4, 0.5) is 13.2 Å². The van der Waals surface area contributed by atoms with Crippen LogP contribution in [0.3, 0.4) is 0 Å². The van der Waals surface area contributed by atoms with Gasteiger partial charge in [-0.25, -0.2) is 0 Å². The molecule has 0 saturated carbocycles. The Morgan fingerprint density at radius 1 is 1.50 bits per heavy atom. The van der Waals surface area contributed by atoms with Gasteiger partial charge in [-0.3, -0.25) is 9.69 Å². The maximum Gasteiger partial charge on any atom is 0.401 e. The van der Waals surface area contributed by atoms with Crippen molar-refractivity contribution in [2.24, 2.45) is 0 Å². The molecule has 116 valence electrons. The molecule has 0 bridgehead atoms. The lowest BCUT2D eigenvalue weighted by atomic mass is 9.89. The molecule has 0 amide bonds. The Hall–Kier alpha value is -0.470. The number of thioether (sulfide) groups is 1. The Morgan fingerprint density at radius 2 is 2.25 bits per heavy atom. The van der Waals surface area contributed by atoms with Gasteiger partial charge in [-0.15, -0.1) is 0 Å². The van der Waals surface area contributed by atoms with Crippen LogP contribution in [0.1, 0.15) is 19.3 Å². The number of ether oxygens (including phenoxy) is 1. The third-order valence-corrected chi connectivity index (χ3v) is 4.99. The number of nitrogens with zero attached hydrogens (tertiary/aromatic N) is 1. The number of halogens is 3. The maximum atomic E-state index is 12.6. The van der Waals surface area contributed by atoms with Gasteiger partial charge < -0.3 is 9.84 Å². The Bertz CT molecular complexity index is 358. The molecule has 2 aliphatic rings. The first kappa shape index (κ1) is 15.9. The number of hydrogen-bond donors (Lipinski definition) is 1. The van der Waals surface area contributed by atoms with E-state index >= 15 is 0 Å². The quantitative estimate of drug-likeness (QED) is 0.860. The summed E-state index contributed by atoms with van der Waals surface area (Å²) in [6, 6.07) is -0.375. The summed E-state index contributed by atoms with van der Waals surface area (Å²) in [6.45, 7) is -1.35. The molecule has 2 heterocycles. The molecule has 8 heteroatoms. The van der Waals surface area contributed by atoms with Gasteiger partial charge >= 0.3 is 12.1 Å². The SMILES string of the molecule is O=C(O)CN(CC(F)(F)F)C1CCOC2(CCSC2)C1. The van der Waals surface area contributed by atoms with E-state index in [2.05, 4.69) is 0 Å². The molecule has 2 fully saturated rings. The van der Waals surface area contributed by atoms with Crippen molar-refractivity contribution in [3.05, 3.63) is 0 Å². The first-order valence-electron chi connectivity index (χ1n) is 6.54. The highest BCUT2D eigenvalue weighted by Crippen LogP contribution is 2.39. The molecule has 2 atom stereocenters. The number of carboxylic acids is 1. The summed E-state index contributed by atoms with van der Waals surface area (Å²) < 4.78 is 43.6. The molecule has 2 saturated heterocycles. The Kier molecular flexibility index (Phi) is 4.86. The van der Waals surface area contributed by atoms with E-state index in [4.69, 9.17) is 9.84 Å². The van der Waals surface area contributed by atoms with Gasteiger partial charge in [0.25, 0.3) is 0 Å². The van der Waals surface area contributed by atoms with Crippen molar-refractivity contribution in [1.29, 1.82) is 0 Å². The Labute approximate surface area is 119 Å². The lowest BCUT2D eigenvalue weighted by molar-refractivity contribution is -0.168. The van der Waals surface area contributed by atoms with Crippen LogP contribution in [-0.4, -0.2) is 65.0 Å². The monoisotopic (exact) mass is 313 g/mol. The van der Waals surface area contributed by atoms with Crippen LogP contribution in [0.25, 0.3) is 0 Å². The molecule has 1 N–H and O–H groups in total. The van der Waals surface area contributed by atoms with E-state index in [1.54, 1.807) is 11.8 Å². The molecule has 2 rings (SSSR count). The summed E-state index contributed by atoms with van der Waals surface area (Å²) in [5.41, 5.74) is -0.351. The van der Waals surface area contributed by atoms with E-state index in [0.29, 0.717) is 19.4 Å². The van der Waals surface area contributed by atoms with Crippen LogP contribution in [0.5, 0.6) is 0 Å². The molecule has 4 nitrogen and oxygen atoms in total. The van der Waals surface area contributed by atoms with E-state index in [9.17, 15) is 18.0 Å². The fraction of sp³-hybridized carbons (Fsp3) is 0.917. The zero-order valence-electron chi connectivity index (χ0n) is 11.0. The molecule has 2 aliphatic heterocycles. The third-order valence-electron chi connectivity index (χ3n) is 3.77. The van der Waals surface area contributed by atoms with Gasteiger partial charge in [-0.2, -0.15) is 24.9 Å². The van der Waals surface area contributed by atoms with Crippen molar-refractivity contribution < 1.29 is 27.8 Å². The topological polar surface area (TPSA) is 49.8 Å². The zero-order valence-corrected chi connectivity index (χ0v) is 11.8. The molecule has 0 aromatic carbocycles. The second kappa shape index (κ2) is 6.11. The number of aliphatic carboxylic acids is 1. The van der Waals surface area contributed by atoms with Crippen LogP contribution >= 0.6 is 11.8 Å². The lowest BCUT2D eigenvalue weighted by Gasteiger charge is -2.42. The Balaban J connectivity index is 2.05. The van der Waals surface area contributed by atoms with Crippen LogP contribution in [0.15, 0.2) is 0 Å². The fourth-order valence-electron chi connectivity index (χ4n) is 2.90. The fourth-order valence-corrected chi connectivity index (χ4v) is 4.27. The predicted molar refractivity (Wildman–Crippen MR) is 68.9 cm³/mol. The van der Waals surface area contributed by atoms with Gasteiger partial charge in [0, 0.05) is 18.4 Å². The number of rotatable bonds is 4. The Morgan fingerprint density at radius 3 is 2.80 bits per heavy atom. The summed E-state index contributed by atoms with van der Waals surface area (Å²) in [5.74, 6) is 0.511. The highest BCUT2D eigenvalue weighted by Gasteiger charge is 2.44. The van der Waals surface area contributed by atoms with E-state index in [1.807, 2.05) is 0 Å². The summed E-state index contributed by atoms with van der Waals surface area (Å²) in [5, 5.41) is 8.82. The van der Waals surface area contributed by atoms with Crippen LogP contribution < -0.4 is 0 Å². The van der Waals surface area contributed by atoms with Gasteiger partial charge in [0.05, 0.1) is 18.7 Å². The zero-order chi connectivity index (χ0) is 14.8.